The van der Waals surface area contributed by atoms with Gasteiger partial charge in [0, 0.05) is 35.5 Å². The molecule has 20 heavy (non-hydrogen) atoms. The van der Waals surface area contributed by atoms with Gasteiger partial charge in [-0.25, -0.2) is 0 Å². The zero-order valence-corrected chi connectivity index (χ0v) is 13.4. The van der Waals surface area contributed by atoms with E-state index in [0.717, 1.165) is 21.4 Å². The SMILES string of the molecule is Cc1ccc(C(=O)Nc2ccc(N(C)C)cc2)cc1Br. The number of anilines is 2. The van der Waals surface area contributed by atoms with Crippen LogP contribution in [0.2, 0.25) is 0 Å². The Balaban J connectivity index is 2.12. The van der Waals surface area contributed by atoms with Crippen LogP contribution in [0.1, 0.15) is 15.9 Å². The molecule has 0 aliphatic carbocycles. The van der Waals surface area contributed by atoms with Gasteiger partial charge in [-0.2, -0.15) is 0 Å². The lowest BCUT2D eigenvalue weighted by molar-refractivity contribution is 0.102. The molecule has 104 valence electrons. The summed E-state index contributed by atoms with van der Waals surface area (Å²) in [4.78, 5) is 14.2. The fourth-order valence-corrected chi connectivity index (χ4v) is 2.16. The third kappa shape index (κ3) is 3.39. The highest BCUT2D eigenvalue weighted by molar-refractivity contribution is 9.10. The van der Waals surface area contributed by atoms with Gasteiger partial charge in [-0.3, -0.25) is 4.79 Å². The number of carbonyl (C=O) groups excluding carboxylic acids is 1. The van der Waals surface area contributed by atoms with Crippen LogP contribution in [-0.4, -0.2) is 20.0 Å². The normalized spacial score (nSPS) is 10.2. The first-order valence-corrected chi connectivity index (χ1v) is 7.11. The molecule has 2 aromatic rings. The van der Waals surface area contributed by atoms with E-state index in [1.54, 1.807) is 0 Å². The molecule has 0 unspecified atom stereocenters. The summed E-state index contributed by atoms with van der Waals surface area (Å²) in [5.74, 6) is -0.108. The third-order valence-electron chi connectivity index (χ3n) is 3.08. The molecule has 2 aromatic carbocycles. The van der Waals surface area contributed by atoms with Crippen molar-refractivity contribution in [3.05, 3.63) is 58.1 Å². The Kier molecular flexibility index (Phi) is 4.45. The lowest BCUT2D eigenvalue weighted by atomic mass is 10.1. The Morgan fingerprint density at radius 1 is 1.10 bits per heavy atom. The van der Waals surface area contributed by atoms with E-state index in [1.807, 2.05) is 68.4 Å². The number of nitrogens with one attached hydrogen (secondary N) is 1. The van der Waals surface area contributed by atoms with E-state index in [1.165, 1.54) is 0 Å². The molecule has 2 rings (SSSR count). The second kappa shape index (κ2) is 6.09. The lowest BCUT2D eigenvalue weighted by Gasteiger charge is -2.13. The van der Waals surface area contributed by atoms with Crippen molar-refractivity contribution < 1.29 is 4.79 Å². The van der Waals surface area contributed by atoms with Gasteiger partial charge in [0.2, 0.25) is 0 Å². The second-order valence-corrected chi connectivity index (χ2v) is 5.71. The number of nitrogens with zero attached hydrogens (tertiary/aromatic N) is 1. The topological polar surface area (TPSA) is 32.3 Å². The zero-order chi connectivity index (χ0) is 14.7. The smallest absolute Gasteiger partial charge is 0.255 e. The maximum Gasteiger partial charge on any atom is 0.255 e. The molecule has 0 saturated heterocycles. The predicted octanol–water partition coefficient (Wildman–Crippen LogP) is 4.08. The highest BCUT2D eigenvalue weighted by atomic mass is 79.9. The van der Waals surface area contributed by atoms with Gasteiger partial charge in [-0.05, 0) is 48.9 Å². The minimum Gasteiger partial charge on any atom is -0.378 e. The fraction of sp³-hybridized carbons (Fsp3) is 0.188. The van der Waals surface area contributed by atoms with Crippen molar-refractivity contribution in [2.75, 3.05) is 24.3 Å². The standard InChI is InChI=1S/C16H17BrN2O/c1-11-4-5-12(10-15(11)17)16(20)18-13-6-8-14(9-7-13)19(2)3/h4-10H,1-3H3,(H,18,20). The molecule has 3 nitrogen and oxygen atoms in total. The van der Waals surface area contributed by atoms with Crippen molar-refractivity contribution in [3.8, 4) is 0 Å². The quantitative estimate of drug-likeness (QED) is 0.918. The molecule has 0 radical (unpaired) electrons. The van der Waals surface area contributed by atoms with Crippen molar-refractivity contribution in [1.82, 2.24) is 0 Å². The van der Waals surface area contributed by atoms with Gasteiger partial charge in [0.1, 0.15) is 0 Å². The maximum absolute atomic E-state index is 12.2. The minimum atomic E-state index is -0.108. The predicted molar refractivity (Wildman–Crippen MR) is 87.6 cm³/mol. The highest BCUT2D eigenvalue weighted by Gasteiger charge is 2.07. The van der Waals surface area contributed by atoms with Gasteiger partial charge in [0.05, 0.1) is 0 Å². The van der Waals surface area contributed by atoms with Crippen LogP contribution in [0, 0.1) is 6.92 Å². The molecule has 0 atom stereocenters. The Morgan fingerprint density at radius 3 is 2.30 bits per heavy atom. The van der Waals surface area contributed by atoms with Gasteiger partial charge < -0.3 is 10.2 Å². The number of aryl methyl sites for hydroxylation is 1. The number of rotatable bonds is 3. The van der Waals surface area contributed by atoms with Crippen molar-refractivity contribution in [2.45, 2.75) is 6.92 Å². The number of benzene rings is 2. The van der Waals surface area contributed by atoms with Crippen LogP contribution in [0.4, 0.5) is 11.4 Å². The van der Waals surface area contributed by atoms with Gasteiger partial charge in [-0.15, -0.1) is 0 Å². The fourth-order valence-electron chi connectivity index (χ4n) is 1.78. The molecule has 0 aromatic heterocycles. The first-order chi connectivity index (χ1) is 9.47. The molecule has 0 aliphatic rings. The van der Waals surface area contributed by atoms with Gasteiger partial charge >= 0.3 is 0 Å². The number of amides is 1. The summed E-state index contributed by atoms with van der Waals surface area (Å²) in [6, 6.07) is 13.3. The van der Waals surface area contributed by atoms with Crippen molar-refractivity contribution >= 4 is 33.2 Å². The molecule has 0 bridgehead atoms. The van der Waals surface area contributed by atoms with E-state index < -0.39 is 0 Å². The van der Waals surface area contributed by atoms with Gasteiger partial charge in [0.25, 0.3) is 5.91 Å². The van der Waals surface area contributed by atoms with Crippen molar-refractivity contribution in [3.63, 3.8) is 0 Å². The molecule has 0 aliphatic heterocycles. The minimum absolute atomic E-state index is 0.108. The van der Waals surface area contributed by atoms with Crippen LogP contribution in [0.5, 0.6) is 0 Å². The Morgan fingerprint density at radius 2 is 1.75 bits per heavy atom. The Labute approximate surface area is 127 Å². The van der Waals surface area contributed by atoms with Crippen molar-refractivity contribution in [1.29, 1.82) is 0 Å². The van der Waals surface area contributed by atoms with Crippen LogP contribution in [0.25, 0.3) is 0 Å². The molecule has 1 amide bonds. The molecular weight excluding hydrogens is 316 g/mol. The molecule has 0 fully saturated rings. The monoisotopic (exact) mass is 332 g/mol. The zero-order valence-electron chi connectivity index (χ0n) is 11.8. The van der Waals surface area contributed by atoms with E-state index in [9.17, 15) is 4.79 Å². The first-order valence-electron chi connectivity index (χ1n) is 6.32. The van der Waals surface area contributed by atoms with E-state index in [4.69, 9.17) is 0 Å². The highest BCUT2D eigenvalue weighted by Crippen LogP contribution is 2.20. The molecule has 0 saturated carbocycles. The number of hydrogen-bond acceptors (Lipinski definition) is 2. The van der Waals surface area contributed by atoms with Gasteiger partial charge in [0.15, 0.2) is 0 Å². The van der Waals surface area contributed by atoms with E-state index in [2.05, 4.69) is 21.2 Å². The summed E-state index contributed by atoms with van der Waals surface area (Å²) in [6.45, 7) is 1.99. The largest absolute Gasteiger partial charge is 0.378 e. The van der Waals surface area contributed by atoms with Crippen LogP contribution in [0.3, 0.4) is 0 Å². The Bertz CT molecular complexity index is 621. The number of halogens is 1. The van der Waals surface area contributed by atoms with Crippen LogP contribution >= 0.6 is 15.9 Å². The molecule has 0 spiro atoms. The molecule has 0 heterocycles. The summed E-state index contributed by atoms with van der Waals surface area (Å²) in [5.41, 5.74) is 3.63. The number of hydrogen-bond donors (Lipinski definition) is 1. The molecular formula is C16H17BrN2O. The summed E-state index contributed by atoms with van der Waals surface area (Å²) in [5, 5.41) is 2.89. The van der Waals surface area contributed by atoms with Crippen LogP contribution in [0.15, 0.2) is 46.9 Å². The summed E-state index contributed by atoms with van der Waals surface area (Å²) >= 11 is 3.44. The molecule has 4 heteroatoms. The summed E-state index contributed by atoms with van der Waals surface area (Å²) in [7, 11) is 3.97. The molecule has 1 N–H and O–H groups in total. The van der Waals surface area contributed by atoms with Crippen molar-refractivity contribution in [2.24, 2.45) is 0 Å². The average Bonchev–Trinajstić information content (AvgIpc) is 2.42. The van der Waals surface area contributed by atoms with E-state index in [0.29, 0.717) is 5.56 Å². The average molecular weight is 333 g/mol. The third-order valence-corrected chi connectivity index (χ3v) is 3.93. The second-order valence-electron chi connectivity index (χ2n) is 4.86. The number of carbonyl (C=O) groups is 1. The van der Waals surface area contributed by atoms with Crippen LogP contribution in [-0.2, 0) is 0 Å². The lowest BCUT2D eigenvalue weighted by Crippen LogP contribution is -2.12. The first kappa shape index (κ1) is 14.6. The maximum atomic E-state index is 12.2. The van der Waals surface area contributed by atoms with Gasteiger partial charge in [-0.1, -0.05) is 22.0 Å². The van der Waals surface area contributed by atoms with Crippen LogP contribution < -0.4 is 10.2 Å². The van der Waals surface area contributed by atoms with E-state index in [-0.39, 0.29) is 5.91 Å². The summed E-state index contributed by atoms with van der Waals surface area (Å²) in [6.07, 6.45) is 0. The van der Waals surface area contributed by atoms with E-state index >= 15 is 0 Å². The Hall–Kier alpha value is -1.81. The summed E-state index contributed by atoms with van der Waals surface area (Å²) < 4.78 is 0.938.